The summed E-state index contributed by atoms with van der Waals surface area (Å²) in [5.74, 6) is 0. The van der Waals surface area contributed by atoms with Gasteiger partial charge in [0.1, 0.15) is 0 Å². The van der Waals surface area contributed by atoms with Crippen molar-refractivity contribution in [1.29, 1.82) is 0 Å². The minimum Gasteiger partial charge on any atom is -0.392 e. The molecule has 1 fully saturated rings. The van der Waals surface area contributed by atoms with E-state index in [1.54, 1.807) is 0 Å². The van der Waals surface area contributed by atoms with Crippen LogP contribution in [0.5, 0.6) is 0 Å². The normalized spacial score (nSPS) is 28.8. The minimum atomic E-state index is -0.188. The quantitative estimate of drug-likeness (QED) is 0.741. The van der Waals surface area contributed by atoms with E-state index in [4.69, 9.17) is 11.6 Å². The summed E-state index contributed by atoms with van der Waals surface area (Å²) in [6.45, 7) is 10.4. The van der Waals surface area contributed by atoms with E-state index in [2.05, 4.69) is 25.3 Å². The van der Waals surface area contributed by atoms with Gasteiger partial charge in [-0.2, -0.15) is 0 Å². The second-order valence-corrected chi connectivity index (χ2v) is 5.06. The molecule has 0 amide bonds. The van der Waals surface area contributed by atoms with E-state index >= 15 is 0 Å². The van der Waals surface area contributed by atoms with Crippen molar-refractivity contribution >= 4 is 11.6 Å². The van der Waals surface area contributed by atoms with E-state index in [1.807, 2.05) is 0 Å². The number of aliphatic hydroxyl groups is 1. The fourth-order valence-electron chi connectivity index (χ4n) is 1.83. The van der Waals surface area contributed by atoms with Crippen molar-refractivity contribution in [1.82, 2.24) is 4.90 Å². The van der Waals surface area contributed by atoms with Gasteiger partial charge in [0.2, 0.25) is 0 Å². The third-order valence-electron chi connectivity index (χ3n) is 2.65. The summed E-state index contributed by atoms with van der Waals surface area (Å²) >= 11 is 5.74. The zero-order chi connectivity index (χ0) is 10.1. The first-order valence-corrected chi connectivity index (χ1v) is 5.03. The Bertz CT molecular complexity index is 203. The average molecular weight is 204 g/mol. The maximum Gasteiger partial charge on any atom is 0.0615 e. The second-order valence-electron chi connectivity index (χ2n) is 4.52. The van der Waals surface area contributed by atoms with Gasteiger partial charge in [-0.25, -0.2) is 0 Å². The van der Waals surface area contributed by atoms with Crippen LogP contribution in [0.1, 0.15) is 20.3 Å². The number of likely N-dealkylation sites (tertiary alicyclic amines) is 1. The fraction of sp³-hybridized carbons (Fsp3) is 0.800. The third kappa shape index (κ3) is 2.97. The van der Waals surface area contributed by atoms with Crippen LogP contribution in [-0.4, -0.2) is 35.7 Å². The first-order valence-electron chi connectivity index (χ1n) is 4.65. The Kier molecular flexibility index (Phi) is 3.38. The first kappa shape index (κ1) is 11.0. The molecule has 0 aliphatic carbocycles. The predicted octanol–water partition coefficient (Wildman–Crippen LogP) is 1.83. The molecular formula is C10H18ClNO. The lowest BCUT2D eigenvalue weighted by atomic mass is 9.81. The summed E-state index contributed by atoms with van der Waals surface area (Å²) in [6, 6.07) is 0. The van der Waals surface area contributed by atoms with Crippen LogP contribution in [0.3, 0.4) is 0 Å². The van der Waals surface area contributed by atoms with Crippen molar-refractivity contribution in [2.75, 3.05) is 19.6 Å². The lowest BCUT2D eigenvalue weighted by Crippen LogP contribution is -2.48. The molecule has 1 atom stereocenters. The molecule has 76 valence electrons. The van der Waals surface area contributed by atoms with Crippen molar-refractivity contribution < 1.29 is 5.11 Å². The topological polar surface area (TPSA) is 23.5 Å². The summed E-state index contributed by atoms with van der Waals surface area (Å²) in [7, 11) is 0. The summed E-state index contributed by atoms with van der Waals surface area (Å²) < 4.78 is 0. The third-order valence-corrected chi connectivity index (χ3v) is 2.77. The van der Waals surface area contributed by atoms with Gasteiger partial charge in [0.15, 0.2) is 0 Å². The maximum atomic E-state index is 9.71. The molecule has 1 heterocycles. The average Bonchev–Trinajstić information content (AvgIpc) is 1.95. The number of rotatable bonds is 2. The minimum absolute atomic E-state index is 0.0232. The predicted molar refractivity (Wildman–Crippen MR) is 55.8 cm³/mol. The molecule has 1 aliphatic rings. The van der Waals surface area contributed by atoms with Gasteiger partial charge in [-0.05, 0) is 6.42 Å². The number of hydrogen-bond donors (Lipinski definition) is 1. The summed E-state index contributed by atoms with van der Waals surface area (Å²) in [5.41, 5.74) is -0.0232. The number of hydrogen-bond acceptors (Lipinski definition) is 2. The number of piperidine rings is 1. The number of halogens is 1. The molecule has 0 saturated carbocycles. The zero-order valence-corrected chi connectivity index (χ0v) is 9.14. The standard InChI is InChI=1S/C10H18ClNO/c1-8(11)6-12-5-4-9(13)10(2,3)7-12/h9,13H,1,4-7H2,2-3H3. The molecule has 1 rings (SSSR count). The van der Waals surface area contributed by atoms with Gasteiger partial charge in [0, 0.05) is 30.1 Å². The molecule has 13 heavy (non-hydrogen) atoms. The number of nitrogens with zero attached hydrogens (tertiary/aromatic N) is 1. The van der Waals surface area contributed by atoms with Gasteiger partial charge in [-0.3, -0.25) is 4.90 Å². The second kappa shape index (κ2) is 3.99. The van der Waals surface area contributed by atoms with Gasteiger partial charge in [-0.1, -0.05) is 32.0 Å². The molecule has 3 heteroatoms. The van der Waals surface area contributed by atoms with Gasteiger partial charge in [0.25, 0.3) is 0 Å². The Morgan fingerprint density at radius 3 is 2.77 bits per heavy atom. The molecule has 1 N–H and O–H groups in total. The smallest absolute Gasteiger partial charge is 0.0615 e. The molecule has 1 aliphatic heterocycles. The summed E-state index contributed by atoms with van der Waals surface area (Å²) in [4.78, 5) is 2.24. The lowest BCUT2D eigenvalue weighted by molar-refractivity contribution is -0.0210. The van der Waals surface area contributed by atoms with Crippen LogP contribution in [0.25, 0.3) is 0 Å². The van der Waals surface area contributed by atoms with E-state index in [9.17, 15) is 5.11 Å². The van der Waals surface area contributed by atoms with Crippen LogP contribution in [0.2, 0.25) is 0 Å². The fourth-order valence-corrected chi connectivity index (χ4v) is 2.00. The molecule has 0 aromatic rings. The highest BCUT2D eigenvalue weighted by Gasteiger charge is 2.34. The van der Waals surface area contributed by atoms with Crippen LogP contribution in [0.15, 0.2) is 11.6 Å². The van der Waals surface area contributed by atoms with Crippen molar-refractivity contribution in [2.24, 2.45) is 5.41 Å². The van der Waals surface area contributed by atoms with Gasteiger partial charge >= 0.3 is 0 Å². The van der Waals surface area contributed by atoms with E-state index in [0.717, 1.165) is 26.1 Å². The van der Waals surface area contributed by atoms with E-state index in [1.165, 1.54) is 0 Å². The van der Waals surface area contributed by atoms with Crippen LogP contribution < -0.4 is 0 Å². The maximum absolute atomic E-state index is 9.71. The Morgan fingerprint density at radius 2 is 2.31 bits per heavy atom. The van der Waals surface area contributed by atoms with Crippen molar-refractivity contribution in [3.05, 3.63) is 11.6 Å². The van der Waals surface area contributed by atoms with Crippen LogP contribution >= 0.6 is 11.6 Å². The molecule has 0 bridgehead atoms. The lowest BCUT2D eigenvalue weighted by Gasteiger charge is -2.41. The number of aliphatic hydroxyl groups excluding tert-OH is 1. The first-order chi connectivity index (χ1) is 5.92. The monoisotopic (exact) mass is 203 g/mol. The Hall–Kier alpha value is -0.0500. The highest BCUT2D eigenvalue weighted by Crippen LogP contribution is 2.29. The molecule has 0 spiro atoms. The Balaban J connectivity index is 2.50. The Labute approximate surface area is 85.2 Å². The van der Waals surface area contributed by atoms with E-state index < -0.39 is 0 Å². The van der Waals surface area contributed by atoms with Crippen LogP contribution in [-0.2, 0) is 0 Å². The molecule has 2 nitrogen and oxygen atoms in total. The van der Waals surface area contributed by atoms with Crippen molar-refractivity contribution in [2.45, 2.75) is 26.4 Å². The Morgan fingerprint density at radius 1 is 1.69 bits per heavy atom. The molecule has 0 aromatic carbocycles. The van der Waals surface area contributed by atoms with Gasteiger partial charge in [0.05, 0.1) is 6.10 Å². The van der Waals surface area contributed by atoms with Crippen LogP contribution in [0, 0.1) is 5.41 Å². The molecular weight excluding hydrogens is 186 g/mol. The molecule has 0 radical (unpaired) electrons. The van der Waals surface area contributed by atoms with Crippen LogP contribution in [0.4, 0.5) is 0 Å². The van der Waals surface area contributed by atoms with Crippen molar-refractivity contribution in [3.8, 4) is 0 Å². The zero-order valence-electron chi connectivity index (χ0n) is 8.39. The van der Waals surface area contributed by atoms with Crippen molar-refractivity contribution in [3.63, 3.8) is 0 Å². The van der Waals surface area contributed by atoms with E-state index in [-0.39, 0.29) is 11.5 Å². The molecule has 1 unspecified atom stereocenters. The van der Waals surface area contributed by atoms with Gasteiger partial charge < -0.3 is 5.11 Å². The molecule has 0 aromatic heterocycles. The SMILES string of the molecule is C=C(Cl)CN1CCC(O)C(C)(C)C1. The molecule has 1 saturated heterocycles. The highest BCUT2D eigenvalue weighted by atomic mass is 35.5. The summed E-state index contributed by atoms with van der Waals surface area (Å²) in [5, 5.41) is 10.4. The van der Waals surface area contributed by atoms with Gasteiger partial charge in [-0.15, -0.1) is 0 Å². The largest absolute Gasteiger partial charge is 0.392 e. The summed E-state index contributed by atoms with van der Waals surface area (Å²) in [6.07, 6.45) is 0.643. The highest BCUT2D eigenvalue weighted by molar-refractivity contribution is 6.29. The van der Waals surface area contributed by atoms with E-state index in [0.29, 0.717) is 5.03 Å².